The number of carbonyl (C=O) groups is 1. The highest BCUT2D eigenvalue weighted by Crippen LogP contribution is 2.31. The first-order valence-corrected chi connectivity index (χ1v) is 5.88. The molecule has 1 N–H and O–H groups in total. The van der Waals surface area contributed by atoms with Crippen molar-refractivity contribution in [2.24, 2.45) is 0 Å². The molecular weight excluding hydrogens is 214 g/mol. The van der Waals surface area contributed by atoms with Gasteiger partial charge in [-0.25, -0.2) is 0 Å². The monoisotopic (exact) mass is 235 g/mol. The van der Waals surface area contributed by atoms with Crippen LogP contribution in [0.4, 0.5) is 0 Å². The SMILES string of the molecule is CNCC(=O)c1c(C(C)C)ccc(C)c1OC. The van der Waals surface area contributed by atoms with Crippen molar-refractivity contribution in [3.63, 3.8) is 0 Å². The van der Waals surface area contributed by atoms with Gasteiger partial charge < -0.3 is 10.1 Å². The molecule has 0 aliphatic carbocycles. The highest BCUT2D eigenvalue weighted by Gasteiger charge is 2.19. The number of aryl methyl sites for hydroxylation is 1. The first-order chi connectivity index (χ1) is 8.02. The fraction of sp³-hybridized carbons (Fsp3) is 0.500. The standard InChI is InChI=1S/C14H21NO2/c1-9(2)11-7-6-10(3)14(17-5)13(11)12(16)8-15-4/h6-7,9,15H,8H2,1-5H3. The first kappa shape index (κ1) is 13.7. The van der Waals surface area contributed by atoms with Crippen LogP contribution in [0.2, 0.25) is 0 Å². The molecule has 1 rings (SSSR count). The second-order valence-corrected chi connectivity index (χ2v) is 4.49. The predicted octanol–water partition coefficient (Wildman–Crippen LogP) is 2.53. The van der Waals surface area contributed by atoms with E-state index in [1.165, 1.54) is 0 Å². The van der Waals surface area contributed by atoms with Crippen molar-refractivity contribution in [3.05, 3.63) is 28.8 Å². The van der Waals surface area contributed by atoms with Crippen LogP contribution in [0.25, 0.3) is 0 Å². The lowest BCUT2D eigenvalue weighted by molar-refractivity contribution is 0.0989. The topological polar surface area (TPSA) is 38.3 Å². The van der Waals surface area contributed by atoms with Crippen LogP contribution in [0.5, 0.6) is 5.75 Å². The van der Waals surface area contributed by atoms with Crippen LogP contribution in [0.15, 0.2) is 12.1 Å². The molecule has 0 fully saturated rings. The average Bonchev–Trinajstić information content (AvgIpc) is 2.28. The van der Waals surface area contributed by atoms with Crippen molar-refractivity contribution < 1.29 is 9.53 Å². The van der Waals surface area contributed by atoms with E-state index in [1.807, 2.05) is 19.1 Å². The highest BCUT2D eigenvalue weighted by molar-refractivity contribution is 6.02. The fourth-order valence-electron chi connectivity index (χ4n) is 1.98. The van der Waals surface area contributed by atoms with Crippen LogP contribution in [0.3, 0.4) is 0 Å². The van der Waals surface area contributed by atoms with Crippen molar-refractivity contribution in [1.82, 2.24) is 5.32 Å². The van der Waals surface area contributed by atoms with E-state index in [1.54, 1.807) is 14.2 Å². The minimum absolute atomic E-state index is 0.0803. The van der Waals surface area contributed by atoms with Crippen LogP contribution in [-0.2, 0) is 0 Å². The second kappa shape index (κ2) is 5.82. The number of methoxy groups -OCH3 is 1. The zero-order valence-electron chi connectivity index (χ0n) is 11.3. The fourth-order valence-corrected chi connectivity index (χ4v) is 1.98. The number of carbonyl (C=O) groups excluding carboxylic acids is 1. The molecule has 0 unspecified atom stereocenters. The van der Waals surface area contributed by atoms with Crippen LogP contribution < -0.4 is 10.1 Å². The maximum atomic E-state index is 12.2. The van der Waals surface area contributed by atoms with Gasteiger partial charge in [0.2, 0.25) is 0 Å². The van der Waals surface area contributed by atoms with Gasteiger partial charge in [-0.2, -0.15) is 0 Å². The van der Waals surface area contributed by atoms with Gasteiger partial charge in [-0.1, -0.05) is 26.0 Å². The molecule has 0 heterocycles. The lowest BCUT2D eigenvalue weighted by Crippen LogP contribution is -2.21. The number of ether oxygens (including phenoxy) is 1. The van der Waals surface area contributed by atoms with Crippen molar-refractivity contribution in [2.75, 3.05) is 20.7 Å². The largest absolute Gasteiger partial charge is 0.496 e. The number of hydrogen-bond acceptors (Lipinski definition) is 3. The number of nitrogens with one attached hydrogen (secondary N) is 1. The molecule has 3 nitrogen and oxygen atoms in total. The van der Waals surface area contributed by atoms with Gasteiger partial charge in [0.1, 0.15) is 5.75 Å². The number of Topliss-reactive ketones (excluding diaryl/α,β-unsaturated/α-hetero) is 1. The van der Waals surface area contributed by atoms with Crippen molar-refractivity contribution >= 4 is 5.78 Å². The summed E-state index contributed by atoms with van der Waals surface area (Å²) in [5.74, 6) is 1.09. The quantitative estimate of drug-likeness (QED) is 0.797. The van der Waals surface area contributed by atoms with Gasteiger partial charge in [0, 0.05) is 0 Å². The molecule has 94 valence electrons. The summed E-state index contributed by atoms with van der Waals surface area (Å²) < 4.78 is 5.39. The summed E-state index contributed by atoms with van der Waals surface area (Å²) in [5, 5.41) is 2.90. The predicted molar refractivity (Wildman–Crippen MR) is 70.1 cm³/mol. The summed E-state index contributed by atoms with van der Waals surface area (Å²) in [6.45, 7) is 6.46. The van der Waals surface area contributed by atoms with Crippen molar-refractivity contribution in [2.45, 2.75) is 26.7 Å². The summed E-state index contributed by atoms with van der Waals surface area (Å²) in [7, 11) is 3.39. The molecule has 0 saturated carbocycles. The second-order valence-electron chi connectivity index (χ2n) is 4.49. The van der Waals surface area contributed by atoms with Gasteiger partial charge in [-0.05, 0) is 31.0 Å². The van der Waals surface area contributed by atoms with Gasteiger partial charge in [0.15, 0.2) is 5.78 Å². The lowest BCUT2D eigenvalue weighted by Gasteiger charge is -2.17. The van der Waals surface area contributed by atoms with Crippen LogP contribution in [0.1, 0.15) is 41.3 Å². The molecule has 1 aromatic carbocycles. The number of hydrogen-bond donors (Lipinski definition) is 1. The molecule has 3 heteroatoms. The summed E-state index contributed by atoms with van der Waals surface area (Å²) in [4.78, 5) is 12.2. The van der Waals surface area contributed by atoms with Gasteiger partial charge in [-0.15, -0.1) is 0 Å². The highest BCUT2D eigenvalue weighted by atomic mass is 16.5. The van der Waals surface area contributed by atoms with Gasteiger partial charge >= 0.3 is 0 Å². The minimum atomic E-state index is 0.0803. The van der Waals surface area contributed by atoms with Crippen molar-refractivity contribution in [1.29, 1.82) is 0 Å². The Morgan fingerprint density at radius 3 is 2.53 bits per heavy atom. The third kappa shape index (κ3) is 2.86. The molecule has 0 aliphatic heterocycles. The van der Waals surface area contributed by atoms with Crippen molar-refractivity contribution in [3.8, 4) is 5.75 Å². The van der Waals surface area contributed by atoms with Gasteiger partial charge in [0.05, 0.1) is 19.2 Å². The van der Waals surface area contributed by atoms with Crippen LogP contribution in [0, 0.1) is 6.92 Å². The Morgan fingerprint density at radius 1 is 1.41 bits per heavy atom. The van der Waals surface area contributed by atoms with E-state index < -0.39 is 0 Å². The van der Waals surface area contributed by atoms with E-state index in [4.69, 9.17) is 4.74 Å². The maximum absolute atomic E-state index is 12.2. The molecular formula is C14H21NO2. The Balaban J connectivity index is 3.38. The summed E-state index contributed by atoms with van der Waals surface area (Å²) >= 11 is 0. The van der Waals surface area contributed by atoms with E-state index >= 15 is 0 Å². The van der Waals surface area contributed by atoms with Gasteiger partial charge in [0.25, 0.3) is 0 Å². The Kier molecular flexibility index (Phi) is 4.70. The maximum Gasteiger partial charge on any atom is 0.180 e. The number of benzene rings is 1. The van der Waals surface area contributed by atoms with E-state index in [2.05, 4.69) is 19.2 Å². The molecule has 0 saturated heterocycles. The Labute approximate surface area is 103 Å². The Morgan fingerprint density at radius 2 is 2.06 bits per heavy atom. The zero-order chi connectivity index (χ0) is 13.0. The van der Waals surface area contributed by atoms with E-state index in [-0.39, 0.29) is 5.78 Å². The summed E-state index contributed by atoms with van der Waals surface area (Å²) in [6, 6.07) is 4.02. The third-order valence-electron chi connectivity index (χ3n) is 2.83. The Bertz CT molecular complexity index is 411. The molecule has 0 aromatic heterocycles. The summed E-state index contributed by atoms with van der Waals surface area (Å²) in [6.07, 6.45) is 0. The van der Waals surface area contributed by atoms with E-state index in [0.29, 0.717) is 18.2 Å². The molecule has 0 aliphatic rings. The van der Waals surface area contributed by atoms with Gasteiger partial charge in [-0.3, -0.25) is 4.79 Å². The first-order valence-electron chi connectivity index (χ1n) is 5.88. The molecule has 0 spiro atoms. The number of ketones is 1. The number of rotatable bonds is 5. The van der Waals surface area contributed by atoms with Crippen LogP contribution in [-0.4, -0.2) is 26.5 Å². The molecule has 1 aromatic rings. The molecule has 0 bridgehead atoms. The molecule has 17 heavy (non-hydrogen) atoms. The molecule has 0 atom stereocenters. The minimum Gasteiger partial charge on any atom is -0.496 e. The lowest BCUT2D eigenvalue weighted by atomic mass is 9.92. The smallest absolute Gasteiger partial charge is 0.180 e. The summed E-state index contributed by atoms with van der Waals surface area (Å²) in [5.41, 5.74) is 2.76. The Hall–Kier alpha value is -1.35. The van der Waals surface area contributed by atoms with E-state index in [9.17, 15) is 4.79 Å². The number of likely N-dealkylation sites (N-methyl/N-ethyl adjacent to an activating group) is 1. The van der Waals surface area contributed by atoms with E-state index in [0.717, 1.165) is 16.7 Å². The van der Waals surface area contributed by atoms with Crippen LogP contribution >= 0.6 is 0 Å². The third-order valence-corrected chi connectivity index (χ3v) is 2.83. The normalized spacial score (nSPS) is 10.7. The zero-order valence-corrected chi connectivity index (χ0v) is 11.3. The average molecular weight is 235 g/mol. The molecule has 0 radical (unpaired) electrons. The molecule has 0 amide bonds.